The first-order valence-corrected chi connectivity index (χ1v) is 6.80. The van der Waals surface area contributed by atoms with Crippen LogP contribution in [0.15, 0.2) is 47.1 Å². The molecular formula is C16H22N2O2. The Morgan fingerprint density at radius 2 is 1.95 bits per heavy atom. The number of hydrogen-bond donors (Lipinski definition) is 2. The monoisotopic (exact) mass is 274 g/mol. The van der Waals surface area contributed by atoms with Crippen LogP contribution in [0.4, 0.5) is 5.69 Å². The first-order chi connectivity index (χ1) is 9.63. The van der Waals surface area contributed by atoms with E-state index in [9.17, 15) is 5.11 Å². The van der Waals surface area contributed by atoms with Gasteiger partial charge in [0.15, 0.2) is 0 Å². The van der Waals surface area contributed by atoms with Crippen LogP contribution in [0.5, 0.6) is 0 Å². The summed E-state index contributed by atoms with van der Waals surface area (Å²) in [6.07, 6.45) is 1.62. The molecule has 2 atom stereocenters. The molecule has 1 aromatic heterocycles. The van der Waals surface area contributed by atoms with E-state index < -0.39 is 0 Å². The van der Waals surface area contributed by atoms with Gasteiger partial charge in [0.1, 0.15) is 5.76 Å². The molecule has 1 heterocycles. The first-order valence-electron chi connectivity index (χ1n) is 6.80. The third-order valence-electron chi connectivity index (χ3n) is 3.41. The normalized spacial score (nSPS) is 14.0. The summed E-state index contributed by atoms with van der Waals surface area (Å²) in [4.78, 5) is 2.09. The number of para-hydroxylation sites is 1. The van der Waals surface area contributed by atoms with Gasteiger partial charge in [-0.05, 0) is 30.7 Å². The number of furan rings is 1. The van der Waals surface area contributed by atoms with E-state index in [0.717, 1.165) is 5.76 Å². The number of rotatable bonds is 6. The Morgan fingerprint density at radius 1 is 1.20 bits per heavy atom. The highest BCUT2D eigenvalue weighted by atomic mass is 16.3. The molecule has 0 aliphatic rings. The van der Waals surface area contributed by atoms with Crippen molar-refractivity contribution < 1.29 is 9.52 Å². The molecule has 20 heavy (non-hydrogen) atoms. The smallest absolute Gasteiger partial charge is 0.123 e. The SMILES string of the molecule is CC(NC(CO)c1ccco1)c1ccccc1N(C)C. The van der Waals surface area contributed by atoms with Crippen molar-refractivity contribution in [3.05, 3.63) is 54.0 Å². The van der Waals surface area contributed by atoms with Crippen LogP contribution in [-0.4, -0.2) is 25.8 Å². The van der Waals surface area contributed by atoms with Gasteiger partial charge in [0, 0.05) is 25.8 Å². The predicted molar refractivity (Wildman–Crippen MR) is 80.9 cm³/mol. The third kappa shape index (κ3) is 3.21. The molecule has 1 aromatic carbocycles. The van der Waals surface area contributed by atoms with Gasteiger partial charge in [-0.3, -0.25) is 5.32 Å². The molecule has 4 heteroatoms. The Bertz CT molecular complexity index is 523. The van der Waals surface area contributed by atoms with Crippen LogP contribution < -0.4 is 10.2 Å². The summed E-state index contributed by atoms with van der Waals surface area (Å²) in [6.45, 7) is 2.09. The van der Waals surface area contributed by atoms with Gasteiger partial charge in [0.25, 0.3) is 0 Å². The van der Waals surface area contributed by atoms with Crippen molar-refractivity contribution in [1.82, 2.24) is 5.32 Å². The van der Waals surface area contributed by atoms with E-state index in [0.29, 0.717) is 0 Å². The number of benzene rings is 1. The Balaban J connectivity index is 2.17. The summed E-state index contributed by atoms with van der Waals surface area (Å²) in [5.41, 5.74) is 2.37. The lowest BCUT2D eigenvalue weighted by Crippen LogP contribution is -2.28. The molecule has 4 nitrogen and oxygen atoms in total. The lowest BCUT2D eigenvalue weighted by Gasteiger charge is -2.25. The lowest BCUT2D eigenvalue weighted by atomic mass is 10.0. The minimum absolute atomic E-state index is 0.00197. The molecule has 0 spiro atoms. The van der Waals surface area contributed by atoms with Crippen LogP contribution in [0.1, 0.15) is 30.3 Å². The van der Waals surface area contributed by atoms with Crippen LogP contribution >= 0.6 is 0 Å². The molecule has 0 fully saturated rings. The van der Waals surface area contributed by atoms with Crippen molar-refractivity contribution in [3.8, 4) is 0 Å². The molecule has 2 aromatic rings. The summed E-state index contributed by atoms with van der Waals surface area (Å²) in [6, 6.07) is 11.9. The van der Waals surface area contributed by atoms with Gasteiger partial charge in [-0.15, -0.1) is 0 Å². The van der Waals surface area contributed by atoms with Crippen LogP contribution in [-0.2, 0) is 0 Å². The van der Waals surface area contributed by atoms with Gasteiger partial charge in [-0.25, -0.2) is 0 Å². The predicted octanol–water partition coefficient (Wildman–Crippen LogP) is 2.73. The Hall–Kier alpha value is -1.78. The van der Waals surface area contributed by atoms with Gasteiger partial charge in [0.2, 0.25) is 0 Å². The Labute approximate surface area is 120 Å². The summed E-state index contributed by atoms with van der Waals surface area (Å²) < 4.78 is 5.37. The number of nitrogens with one attached hydrogen (secondary N) is 1. The number of nitrogens with zero attached hydrogens (tertiary/aromatic N) is 1. The second-order valence-electron chi connectivity index (χ2n) is 5.09. The topological polar surface area (TPSA) is 48.6 Å². The quantitative estimate of drug-likeness (QED) is 0.850. The molecule has 2 N–H and O–H groups in total. The molecule has 0 aliphatic carbocycles. The summed E-state index contributed by atoms with van der Waals surface area (Å²) >= 11 is 0. The summed E-state index contributed by atoms with van der Waals surface area (Å²) in [5, 5.41) is 12.9. The van der Waals surface area contributed by atoms with E-state index in [2.05, 4.69) is 29.3 Å². The Morgan fingerprint density at radius 3 is 2.55 bits per heavy atom. The van der Waals surface area contributed by atoms with Gasteiger partial charge < -0.3 is 14.4 Å². The molecule has 2 rings (SSSR count). The summed E-state index contributed by atoms with van der Waals surface area (Å²) in [7, 11) is 4.06. The van der Waals surface area contributed by atoms with Gasteiger partial charge in [-0.2, -0.15) is 0 Å². The number of aliphatic hydroxyl groups is 1. The van der Waals surface area contributed by atoms with E-state index in [4.69, 9.17) is 4.42 Å². The first kappa shape index (κ1) is 14.6. The molecule has 0 bridgehead atoms. The number of anilines is 1. The largest absolute Gasteiger partial charge is 0.468 e. The van der Waals surface area contributed by atoms with Crippen molar-refractivity contribution in [2.24, 2.45) is 0 Å². The van der Waals surface area contributed by atoms with Crippen LogP contribution in [0, 0.1) is 0 Å². The third-order valence-corrected chi connectivity index (χ3v) is 3.41. The maximum Gasteiger partial charge on any atom is 0.123 e. The maximum atomic E-state index is 9.54. The molecule has 108 valence electrons. The van der Waals surface area contributed by atoms with Crippen molar-refractivity contribution in [1.29, 1.82) is 0 Å². The average Bonchev–Trinajstić information content (AvgIpc) is 2.98. The maximum absolute atomic E-state index is 9.54. The van der Waals surface area contributed by atoms with Crippen molar-refractivity contribution in [2.45, 2.75) is 19.0 Å². The summed E-state index contributed by atoms with van der Waals surface area (Å²) in [5.74, 6) is 0.752. The second kappa shape index (κ2) is 6.59. The molecule has 2 unspecified atom stereocenters. The van der Waals surface area contributed by atoms with Crippen LogP contribution in [0.3, 0.4) is 0 Å². The number of hydrogen-bond acceptors (Lipinski definition) is 4. The van der Waals surface area contributed by atoms with E-state index in [1.807, 2.05) is 38.4 Å². The zero-order valence-electron chi connectivity index (χ0n) is 12.2. The van der Waals surface area contributed by atoms with Crippen molar-refractivity contribution in [2.75, 3.05) is 25.6 Å². The lowest BCUT2D eigenvalue weighted by molar-refractivity contribution is 0.217. The fourth-order valence-corrected chi connectivity index (χ4v) is 2.37. The minimum Gasteiger partial charge on any atom is -0.468 e. The molecule has 0 saturated carbocycles. The fourth-order valence-electron chi connectivity index (χ4n) is 2.37. The highest BCUT2D eigenvalue weighted by Gasteiger charge is 2.18. The van der Waals surface area contributed by atoms with E-state index >= 15 is 0 Å². The minimum atomic E-state index is -0.199. The molecule has 0 amide bonds. The Kier molecular flexibility index (Phi) is 4.82. The van der Waals surface area contributed by atoms with E-state index in [-0.39, 0.29) is 18.7 Å². The second-order valence-corrected chi connectivity index (χ2v) is 5.09. The van der Waals surface area contributed by atoms with Crippen LogP contribution in [0.2, 0.25) is 0 Å². The van der Waals surface area contributed by atoms with E-state index in [1.54, 1.807) is 6.26 Å². The standard InChI is InChI=1S/C16H22N2O2/c1-12(13-7-4-5-8-15(13)18(2)3)17-14(11-19)16-9-6-10-20-16/h4-10,12,14,17,19H,11H2,1-3H3. The molecular weight excluding hydrogens is 252 g/mol. The molecule has 0 saturated heterocycles. The van der Waals surface area contributed by atoms with Gasteiger partial charge in [0.05, 0.1) is 18.9 Å². The van der Waals surface area contributed by atoms with Gasteiger partial charge >= 0.3 is 0 Å². The highest BCUT2D eigenvalue weighted by Crippen LogP contribution is 2.27. The van der Waals surface area contributed by atoms with Crippen molar-refractivity contribution >= 4 is 5.69 Å². The highest BCUT2D eigenvalue weighted by molar-refractivity contribution is 5.53. The zero-order chi connectivity index (χ0) is 14.5. The van der Waals surface area contributed by atoms with Gasteiger partial charge in [-0.1, -0.05) is 18.2 Å². The fraction of sp³-hybridized carbons (Fsp3) is 0.375. The number of aliphatic hydroxyl groups excluding tert-OH is 1. The zero-order valence-corrected chi connectivity index (χ0v) is 12.2. The van der Waals surface area contributed by atoms with E-state index in [1.165, 1.54) is 11.3 Å². The molecule has 0 radical (unpaired) electrons. The average molecular weight is 274 g/mol. The van der Waals surface area contributed by atoms with Crippen molar-refractivity contribution in [3.63, 3.8) is 0 Å². The molecule has 0 aliphatic heterocycles. The van der Waals surface area contributed by atoms with Crippen LogP contribution in [0.25, 0.3) is 0 Å².